The summed E-state index contributed by atoms with van der Waals surface area (Å²) in [7, 11) is 0. The molecule has 1 aliphatic rings. The summed E-state index contributed by atoms with van der Waals surface area (Å²) in [5, 5.41) is 12.5. The third-order valence-electron chi connectivity index (χ3n) is 5.02. The molecule has 28 heavy (non-hydrogen) atoms. The highest BCUT2D eigenvalue weighted by molar-refractivity contribution is 5.90. The monoisotopic (exact) mass is 387 g/mol. The summed E-state index contributed by atoms with van der Waals surface area (Å²) in [4.78, 5) is 35.7. The van der Waals surface area contributed by atoms with Crippen molar-refractivity contribution in [2.75, 3.05) is 6.61 Å². The summed E-state index contributed by atoms with van der Waals surface area (Å²) in [6.07, 6.45) is 4.27. The molecule has 7 heteroatoms. The minimum atomic E-state index is -1.05. The quantitative estimate of drug-likeness (QED) is 0.675. The van der Waals surface area contributed by atoms with E-state index >= 15 is 0 Å². The van der Waals surface area contributed by atoms with Crippen molar-refractivity contribution < 1.29 is 23.8 Å². The number of hydrogen-bond acceptors (Lipinski definition) is 5. The standard InChI is InChI=1S/C21H25NO6/c1-3-4-8-15(20(24)25)22-18(23)11-27-16-9-12(2)10-17-19(16)13-6-5-7-14(13)21(26)28-17/h9-10,15H,3-8,11H2,1-2H3,(H,22,23)(H,24,25). The number of unbranched alkanes of at least 4 members (excludes halogenated alkanes) is 1. The Hall–Kier alpha value is -2.83. The van der Waals surface area contributed by atoms with Crippen molar-refractivity contribution in [1.29, 1.82) is 0 Å². The third kappa shape index (κ3) is 4.18. The number of carboxylic acid groups (broad SMARTS) is 1. The largest absolute Gasteiger partial charge is 0.483 e. The Kier molecular flexibility index (Phi) is 6.02. The number of hydrogen-bond donors (Lipinski definition) is 2. The van der Waals surface area contributed by atoms with Gasteiger partial charge < -0.3 is 19.6 Å². The highest BCUT2D eigenvalue weighted by Crippen LogP contribution is 2.35. The maximum atomic E-state index is 12.2. The van der Waals surface area contributed by atoms with Crippen LogP contribution >= 0.6 is 0 Å². The Balaban J connectivity index is 1.81. The van der Waals surface area contributed by atoms with Crippen LogP contribution in [0.4, 0.5) is 0 Å². The molecular weight excluding hydrogens is 362 g/mol. The minimum Gasteiger partial charge on any atom is -0.483 e. The molecule has 0 bridgehead atoms. The van der Waals surface area contributed by atoms with Gasteiger partial charge in [-0.3, -0.25) is 4.79 Å². The second-order valence-corrected chi connectivity index (χ2v) is 7.23. The van der Waals surface area contributed by atoms with Crippen molar-refractivity contribution in [3.63, 3.8) is 0 Å². The van der Waals surface area contributed by atoms with Gasteiger partial charge in [0.15, 0.2) is 6.61 Å². The lowest BCUT2D eigenvalue weighted by Crippen LogP contribution is -2.42. The summed E-state index contributed by atoms with van der Waals surface area (Å²) in [6, 6.07) is 2.67. The maximum Gasteiger partial charge on any atom is 0.339 e. The van der Waals surface area contributed by atoms with Crippen molar-refractivity contribution in [3.8, 4) is 5.75 Å². The highest BCUT2D eigenvalue weighted by Gasteiger charge is 2.23. The zero-order valence-corrected chi connectivity index (χ0v) is 16.2. The first-order valence-electron chi connectivity index (χ1n) is 9.65. The maximum absolute atomic E-state index is 12.2. The predicted octanol–water partition coefficient (Wildman–Crippen LogP) is 2.73. The molecule has 2 aromatic rings. The first kappa shape index (κ1) is 19.9. The fraction of sp³-hybridized carbons (Fsp3) is 0.476. The lowest BCUT2D eigenvalue weighted by molar-refractivity contribution is -0.142. The molecular formula is C21H25NO6. The number of carbonyl (C=O) groups is 2. The van der Waals surface area contributed by atoms with Crippen molar-refractivity contribution in [3.05, 3.63) is 39.2 Å². The van der Waals surface area contributed by atoms with E-state index in [-0.39, 0.29) is 12.2 Å². The number of nitrogens with one attached hydrogen (secondary N) is 1. The van der Waals surface area contributed by atoms with Gasteiger partial charge in [0.05, 0.1) is 5.39 Å². The van der Waals surface area contributed by atoms with Gasteiger partial charge in [0.25, 0.3) is 5.91 Å². The molecule has 1 atom stereocenters. The summed E-state index contributed by atoms with van der Waals surface area (Å²) >= 11 is 0. The van der Waals surface area contributed by atoms with Crippen molar-refractivity contribution in [1.82, 2.24) is 5.32 Å². The predicted molar refractivity (Wildman–Crippen MR) is 104 cm³/mol. The Morgan fingerprint density at radius 2 is 2.04 bits per heavy atom. The molecule has 1 heterocycles. The molecule has 0 saturated carbocycles. The van der Waals surface area contributed by atoms with Gasteiger partial charge in [-0.2, -0.15) is 0 Å². The Morgan fingerprint density at radius 1 is 1.29 bits per heavy atom. The molecule has 1 aromatic carbocycles. The molecule has 3 rings (SSSR count). The van der Waals surface area contributed by atoms with Gasteiger partial charge in [-0.05, 0) is 55.9 Å². The number of aryl methyl sites for hydroxylation is 2. The lowest BCUT2D eigenvalue weighted by atomic mass is 10.0. The van der Waals surface area contributed by atoms with E-state index in [4.69, 9.17) is 9.15 Å². The van der Waals surface area contributed by atoms with E-state index in [0.29, 0.717) is 36.2 Å². The van der Waals surface area contributed by atoms with E-state index in [1.807, 2.05) is 13.8 Å². The molecule has 1 aliphatic carbocycles. The van der Waals surface area contributed by atoms with Crippen LogP contribution in [-0.2, 0) is 22.4 Å². The van der Waals surface area contributed by atoms with Gasteiger partial charge in [0.2, 0.25) is 0 Å². The molecule has 2 N–H and O–H groups in total. The number of ether oxygens (including phenoxy) is 1. The fourth-order valence-corrected chi connectivity index (χ4v) is 3.66. The number of carboxylic acids is 1. The molecule has 150 valence electrons. The molecule has 0 saturated heterocycles. The fourth-order valence-electron chi connectivity index (χ4n) is 3.66. The first-order valence-corrected chi connectivity index (χ1v) is 9.65. The Bertz CT molecular complexity index is 962. The SMILES string of the molecule is CCCCC(NC(=O)COc1cc(C)cc2oc(=O)c3c(c12)CCC3)C(=O)O. The normalized spacial score (nSPS) is 13.9. The molecule has 0 spiro atoms. The number of fused-ring (bicyclic) bond motifs is 3. The van der Waals surface area contributed by atoms with Crippen LogP contribution in [0, 0.1) is 6.92 Å². The van der Waals surface area contributed by atoms with Crippen LogP contribution in [-0.4, -0.2) is 29.6 Å². The number of carbonyl (C=O) groups excluding carboxylic acids is 1. The van der Waals surface area contributed by atoms with Crippen LogP contribution in [0.15, 0.2) is 21.3 Å². The first-order chi connectivity index (χ1) is 13.4. The number of rotatable bonds is 8. The van der Waals surface area contributed by atoms with Gasteiger partial charge >= 0.3 is 11.6 Å². The zero-order chi connectivity index (χ0) is 20.3. The lowest BCUT2D eigenvalue weighted by Gasteiger charge is -2.16. The Morgan fingerprint density at radius 3 is 2.75 bits per heavy atom. The van der Waals surface area contributed by atoms with Crippen LogP contribution in [0.25, 0.3) is 11.0 Å². The van der Waals surface area contributed by atoms with E-state index in [1.54, 1.807) is 12.1 Å². The van der Waals surface area contributed by atoms with Gasteiger partial charge in [-0.25, -0.2) is 9.59 Å². The van der Waals surface area contributed by atoms with Gasteiger partial charge in [0.1, 0.15) is 17.4 Å². The van der Waals surface area contributed by atoms with Crippen LogP contribution in [0.2, 0.25) is 0 Å². The van der Waals surface area contributed by atoms with E-state index < -0.39 is 17.9 Å². The molecule has 0 aliphatic heterocycles. The average molecular weight is 387 g/mol. The van der Waals surface area contributed by atoms with Gasteiger partial charge in [-0.1, -0.05) is 19.8 Å². The van der Waals surface area contributed by atoms with Crippen LogP contribution in [0.5, 0.6) is 5.75 Å². The highest BCUT2D eigenvalue weighted by atomic mass is 16.5. The molecule has 1 amide bonds. The molecule has 0 radical (unpaired) electrons. The minimum absolute atomic E-state index is 0.303. The summed E-state index contributed by atoms with van der Waals surface area (Å²) < 4.78 is 11.2. The van der Waals surface area contributed by atoms with E-state index in [0.717, 1.165) is 35.8 Å². The topological polar surface area (TPSA) is 106 Å². The van der Waals surface area contributed by atoms with Crippen LogP contribution in [0.1, 0.15) is 49.3 Å². The third-order valence-corrected chi connectivity index (χ3v) is 5.02. The summed E-state index contributed by atoms with van der Waals surface area (Å²) in [5.74, 6) is -1.07. The average Bonchev–Trinajstić information content (AvgIpc) is 3.13. The van der Waals surface area contributed by atoms with Crippen LogP contribution in [0.3, 0.4) is 0 Å². The number of aliphatic carboxylic acids is 1. The van der Waals surface area contributed by atoms with Gasteiger partial charge in [0, 0.05) is 5.56 Å². The van der Waals surface area contributed by atoms with E-state index in [2.05, 4.69) is 5.32 Å². The van der Waals surface area contributed by atoms with Gasteiger partial charge in [-0.15, -0.1) is 0 Å². The van der Waals surface area contributed by atoms with Crippen LogP contribution < -0.4 is 15.7 Å². The molecule has 1 aromatic heterocycles. The molecule has 0 fully saturated rings. The molecule has 7 nitrogen and oxygen atoms in total. The smallest absolute Gasteiger partial charge is 0.339 e. The second kappa shape index (κ2) is 8.46. The summed E-state index contributed by atoms with van der Waals surface area (Å²) in [5.41, 5.74) is 2.58. The number of benzene rings is 1. The van der Waals surface area contributed by atoms with E-state index in [1.165, 1.54) is 0 Å². The van der Waals surface area contributed by atoms with Crippen molar-refractivity contribution in [2.24, 2.45) is 0 Å². The van der Waals surface area contributed by atoms with Crippen molar-refractivity contribution >= 4 is 22.8 Å². The van der Waals surface area contributed by atoms with E-state index in [9.17, 15) is 19.5 Å². The Labute approximate surface area is 162 Å². The number of amides is 1. The molecule has 1 unspecified atom stereocenters. The zero-order valence-electron chi connectivity index (χ0n) is 16.2. The van der Waals surface area contributed by atoms with Crippen molar-refractivity contribution in [2.45, 2.75) is 58.4 Å². The summed E-state index contributed by atoms with van der Waals surface area (Å²) in [6.45, 7) is 3.51. The second-order valence-electron chi connectivity index (χ2n) is 7.23.